The summed E-state index contributed by atoms with van der Waals surface area (Å²) in [6.45, 7) is 5.43. The predicted octanol–water partition coefficient (Wildman–Crippen LogP) is 3.19. The largest absolute Gasteiger partial charge is 0.495 e. The van der Waals surface area contributed by atoms with E-state index in [-0.39, 0.29) is 18.1 Å². The number of nitrogens with zero attached hydrogens (tertiary/aromatic N) is 3. The van der Waals surface area contributed by atoms with Crippen molar-refractivity contribution in [2.24, 2.45) is 0 Å². The van der Waals surface area contributed by atoms with Gasteiger partial charge in [0.2, 0.25) is 5.91 Å². The quantitative estimate of drug-likeness (QED) is 0.757. The minimum absolute atomic E-state index is 0.0953. The number of piperidine rings is 1. The molecule has 0 aromatic heterocycles. The smallest absolute Gasteiger partial charge is 0.227 e. The van der Waals surface area contributed by atoms with Crippen LogP contribution < -0.4 is 9.64 Å². The normalized spacial score (nSPS) is 20.3. The van der Waals surface area contributed by atoms with E-state index in [4.69, 9.17) is 4.74 Å². The fourth-order valence-electron chi connectivity index (χ4n) is 4.63. The van der Waals surface area contributed by atoms with Crippen molar-refractivity contribution < 1.29 is 13.9 Å². The highest BCUT2D eigenvalue weighted by Crippen LogP contribution is 2.29. The minimum Gasteiger partial charge on any atom is -0.495 e. The number of para-hydroxylation sites is 2. The summed E-state index contributed by atoms with van der Waals surface area (Å²) in [7, 11) is 1.71. The SMILES string of the molecule is COc1ccccc1N1CCN(C2CCCN(C(=O)Cc3cccc(F)c3)C2)CC1. The molecule has 4 rings (SSSR count). The molecule has 1 amide bonds. The van der Waals surface area contributed by atoms with E-state index >= 15 is 0 Å². The zero-order valence-electron chi connectivity index (χ0n) is 17.6. The standard InChI is InChI=1S/C24H30FN3O2/c1-30-23-10-3-2-9-22(23)27-14-12-26(13-15-27)21-8-5-11-28(18-21)24(29)17-19-6-4-7-20(25)16-19/h2-4,6-7,9-10,16,21H,5,8,11-15,17-18H2,1H3. The summed E-state index contributed by atoms with van der Waals surface area (Å²) in [6, 6.07) is 14.9. The zero-order valence-corrected chi connectivity index (χ0v) is 17.6. The summed E-state index contributed by atoms with van der Waals surface area (Å²) in [5.41, 5.74) is 1.89. The van der Waals surface area contributed by atoms with Crippen LogP contribution in [0.1, 0.15) is 18.4 Å². The molecule has 2 aliphatic rings. The van der Waals surface area contributed by atoms with Gasteiger partial charge in [-0.15, -0.1) is 0 Å². The first-order valence-corrected chi connectivity index (χ1v) is 10.8. The molecule has 0 bridgehead atoms. The lowest BCUT2D eigenvalue weighted by molar-refractivity contribution is -0.132. The van der Waals surface area contributed by atoms with Crippen molar-refractivity contribution in [3.8, 4) is 5.75 Å². The van der Waals surface area contributed by atoms with Crippen LogP contribution in [0, 0.1) is 5.82 Å². The summed E-state index contributed by atoms with van der Waals surface area (Å²) in [5, 5.41) is 0. The van der Waals surface area contributed by atoms with Crippen molar-refractivity contribution in [1.82, 2.24) is 9.80 Å². The molecular weight excluding hydrogens is 381 g/mol. The molecule has 6 heteroatoms. The van der Waals surface area contributed by atoms with Gasteiger partial charge in [-0.05, 0) is 42.7 Å². The topological polar surface area (TPSA) is 36.0 Å². The van der Waals surface area contributed by atoms with Crippen molar-refractivity contribution in [3.63, 3.8) is 0 Å². The first-order valence-electron chi connectivity index (χ1n) is 10.8. The lowest BCUT2D eigenvalue weighted by atomic mass is 10.0. The Kier molecular flexibility index (Phi) is 6.53. The predicted molar refractivity (Wildman–Crippen MR) is 116 cm³/mol. The van der Waals surface area contributed by atoms with Crippen molar-refractivity contribution in [2.75, 3.05) is 51.3 Å². The van der Waals surface area contributed by atoms with Gasteiger partial charge >= 0.3 is 0 Å². The highest BCUT2D eigenvalue weighted by atomic mass is 19.1. The average molecular weight is 412 g/mol. The summed E-state index contributed by atoms with van der Waals surface area (Å²) in [4.78, 5) is 19.6. The van der Waals surface area contributed by atoms with Crippen LogP contribution in [0.15, 0.2) is 48.5 Å². The van der Waals surface area contributed by atoms with Crippen LogP contribution in [0.25, 0.3) is 0 Å². The monoisotopic (exact) mass is 411 g/mol. The molecule has 1 unspecified atom stereocenters. The third-order valence-electron chi connectivity index (χ3n) is 6.25. The molecule has 2 aliphatic heterocycles. The van der Waals surface area contributed by atoms with Gasteiger partial charge in [0.25, 0.3) is 0 Å². The van der Waals surface area contributed by atoms with E-state index < -0.39 is 0 Å². The Morgan fingerprint density at radius 2 is 1.87 bits per heavy atom. The Bertz CT molecular complexity index is 867. The number of carbonyl (C=O) groups excluding carboxylic acids is 1. The molecule has 30 heavy (non-hydrogen) atoms. The summed E-state index contributed by atoms with van der Waals surface area (Å²) in [6.07, 6.45) is 2.41. The molecule has 0 saturated carbocycles. The van der Waals surface area contributed by atoms with Gasteiger partial charge in [-0.3, -0.25) is 9.69 Å². The van der Waals surface area contributed by atoms with Gasteiger partial charge in [-0.2, -0.15) is 0 Å². The summed E-state index contributed by atoms with van der Waals surface area (Å²) >= 11 is 0. The summed E-state index contributed by atoms with van der Waals surface area (Å²) in [5.74, 6) is 0.723. The van der Waals surface area contributed by atoms with Crippen molar-refractivity contribution >= 4 is 11.6 Å². The van der Waals surface area contributed by atoms with Gasteiger partial charge in [0, 0.05) is 45.3 Å². The number of rotatable bonds is 5. The van der Waals surface area contributed by atoms with Crippen LogP contribution in [0.5, 0.6) is 5.75 Å². The second-order valence-corrected chi connectivity index (χ2v) is 8.14. The molecule has 2 heterocycles. The molecule has 2 aromatic rings. The third kappa shape index (κ3) is 4.75. The van der Waals surface area contributed by atoms with Gasteiger partial charge < -0.3 is 14.5 Å². The maximum absolute atomic E-state index is 13.4. The first kappa shape index (κ1) is 20.7. The van der Waals surface area contributed by atoms with Crippen LogP contribution in [0.2, 0.25) is 0 Å². The number of piperazine rings is 1. The van der Waals surface area contributed by atoms with Crippen LogP contribution in [-0.4, -0.2) is 68.1 Å². The molecule has 0 aliphatic carbocycles. The first-order chi connectivity index (χ1) is 14.6. The van der Waals surface area contributed by atoms with E-state index in [0.717, 1.165) is 69.1 Å². The Labute approximate surface area is 178 Å². The summed E-state index contributed by atoms with van der Waals surface area (Å²) < 4.78 is 18.9. The number of benzene rings is 2. The van der Waals surface area contributed by atoms with E-state index in [2.05, 4.69) is 15.9 Å². The number of carbonyl (C=O) groups is 1. The fraction of sp³-hybridized carbons (Fsp3) is 0.458. The lowest BCUT2D eigenvalue weighted by Gasteiger charge is -2.44. The Morgan fingerprint density at radius 1 is 1.07 bits per heavy atom. The Hall–Kier alpha value is -2.60. The highest BCUT2D eigenvalue weighted by Gasteiger charge is 2.30. The Morgan fingerprint density at radius 3 is 2.63 bits per heavy atom. The molecule has 2 saturated heterocycles. The molecule has 0 N–H and O–H groups in total. The molecule has 0 spiro atoms. The van der Waals surface area contributed by atoms with Crippen LogP contribution >= 0.6 is 0 Å². The van der Waals surface area contributed by atoms with Gasteiger partial charge in [0.15, 0.2) is 0 Å². The molecule has 160 valence electrons. The Balaban J connectivity index is 1.32. The van der Waals surface area contributed by atoms with Crippen molar-refractivity contribution in [1.29, 1.82) is 0 Å². The van der Waals surface area contributed by atoms with Gasteiger partial charge in [0.05, 0.1) is 19.2 Å². The van der Waals surface area contributed by atoms with Crippen LogP contribution in [0.3, 0.4) is 0 Å². The second-order valence-electron chi connectivity index (χ2n) is 8.14. The van der Waals surface area contributed by atoms with E-state index in [1.54, 1.807) is 13.2 Å². The molecule has 0 radical (unpaired) electrons. The number of anilines is 1. The number of methoxy groups -OCH3 is 1. The van der Waals surface area contributed by atoms with E-state index in [1.165, 1.54) is 12.1 Å². The molecule has 2 aromatic carbocycles. The van der Waals surface area contributed by atoms with Crippen molar-refractivity contribution in [3.05, 3.63) is 59.9 Å². The number of ether oxygens (including phenoxy) is 1. The fourth-order valence-corrected chi connectivity index (χ4v) is 4.63. The number of hydrogen-bond donors (Lipinski definition) is 0. The molecule has 5 nitrogen and oxygen atoms in total. The molecule has 1 atom stereocenters. The van der Waals surface area contributed by atoms with Gasteiger partial charge in [-0.25, -0.2) is 4.39 Å². The number of amides is 1. The maximum atomic E-state index is 13.4. The number of hydrogen-bond acceptors (Lipinski definition) is 4. The van der Waals surface area contributed by atoms with E-state index in [0.29, 0.717) is 6.04 Å². The number of likely N-dealkylation sites (tertiary alicyclic amines) is 1. The lowest BCUT2D eigenvalue weighted by Crippen LogP contribution is -2.56. The van der Waals surface area contributed by atoms with E-state index in [1.807, 2.05) is 29.2 Å². The number of halogens is 1. The minimum atomic E-state index is -0.287. The second kappa shape index (κ2) is 9.47. The van der Waals surface area contributed by atoms with Gasteiger partial charge in [-0.1, -0.05) is 24.3 Å². The highest BCUT2D eigenvalue weighted by molar-refractivity contribution is 5.79. The average Bonchev–Trinajstić information content (AvgIpc) is 2.79. The van der Waals surface area contributed by atoms with Gasteiger partial charge in [0.1, 0.15) is 11.6 Å². The maximum Gasteiger partial charge on any atom is 0.227 e. The zero-order chi connectivity index (χ0) is 20.9. The van der Waals surface area contributed by atoms with E-state index in [9.17, 15) is 9.18 Å². The molecular formula is C24H30FN3O2. The van der Waals surface area contributed by atoms with Crippen molar-refractivity contribution in [2.45, 2.75) is 25.3 Å². The third-order valence-corrected chi connectivity index (χ3v) is 6.25. The van der Waals surface area contributed by atoms with Crippen LogP contribution in [0.4, 0.5) is 10.1 Å². The van der Waals surface area contributed by atoms with Crippen LogP contribution in [-0.2, 0) is 11.2 Å². The molecule has 2 fully saturated rings.